The first-order chi connectivity index (χ1) is 5.66. The Morgan fingerprint density at radius 1 is 1.08 bits per heavy atom. The average Bonchev–Trinajstić information content (AvgIpc) is 2.60. The van der Waals surface area contributed by atoms with Crippen LogP contribution in [-0.2, 0) is 0 Å². The fourth-order valence-electron chi connectivity index (χ4n) is 1.89. The molecule has 2 fully saturated rings. The van der Waals surface area contributed by atoms with Crippen molar-refractivity contribution in [3.63, 3.8) is 0 Å². The lowest BCUT2D eigenvalue weighted by Crippen LogP contribution is -2.61. The molecule has 0 aliphatic carbocycles. The predicted octanol–water partition coefficient (Wildman–Crippen LogP) is 0.689. The van der Waals surface area contributed by atoms with Gasteiger partial charge in [0.05, 0.1) is 11.1 Å². The molecule has 3 N–H and O–H groups in total. The van der Waals surface area contributed by atoms with Crippen LogP contribution < -0.4 is 5.73 Å². The van der Waals surface area contributed by atoms with Crippen LogP contribution in [0.2, 0.25) is 0 Å². The van der Waals surface area contributed by atoms with E-state index in [4.69, 9.17) is 5.73 Å². The van der Waals surface area contributed by atoms with E-state index < -0.39 is 5.60 Å². The Hall–Kier alpha value is 0.620. The molecule has 2 heterocycles. The number of hydrogen-bond acceptors (Lipinski definition) is 4. The zero-order valence-electron chi connectivity index (χ0n) is 7.08. The van der Waals surface area contributed by atoms with Crippen molar-refractivity contribution in [1.29, 1.82) is 0 Å². The molecule has 0 amide bonds. The molecule has 2 atom stereocenters. The first-order valence-electron chi connectivity index (χ1n) is 4.33. The summed E-state index contributed by atoms with van der Waals surface area (Å²) in [5, 5.41) is 10.3. The standard InChI is InChI=1S/C8H15NOS2/c9-7(1-3-11-5-7)8(10)2-4-12-6-8/h10H,1-6,9H2. The van der Waals surface area contributed by atoms with Gasteiger partial charge >= 0.3 is 0 Å². The van der Waals surface area contributed by atoms with E-state index in [2.05, 4.69) is 0 Å². The van der Waals surface area contributed by atoms with Crippen LogP contribution in [0.5, 0.6) is 0 Å². The summed E-state index contributed by atoms with van der Waals surface area (Å²) in [5.74, 6) is 3.96. The van der Waals surface area contributed by atoms with E-state index in [9.17, 15) is 5.11 Å². The molecule has 2 rings (SSSR count). The first kappa shape index (κ1) is 9.19. The second-order valence-corrected chi connectivity index (χ2v) is 6.00. The smallest absolute Gasteiger partial charge is 0.0932 e. The average molecular weight is 205 g/mol. The van der Waals surface area contributed by atoms with Gasteiger partial charge in [0.2, 0.25) is 0 Å². The van der Waals surface area contributed by atoms with E-state index in [0.717, 1.165) is 35.9 Å². The zero-order chi connectivity index (χ0) is 8.66. The maximum atomic E-state index is 10.3. The van der Waals surface area contributed by atoms with Crippen molar-refractivity contribution in [2.45, 2.75) is 24.0 Å². The van der Waals surface area contributed by atoms with Gasteiger partial charge in [-0.3, -0.25) is 0 Å². The highest BCUT2D eigenvalue weighted by atomic mass is 32.2. The van der Waals surface area contributed by atoms with E-state index in [1.807, 2.05) is 23.5 Å². The van der Waals surface area contributed by atoms with Crippen LogP contribution in [0.15, 0.2) is 0 Å². The molecular formula is C8H15NOS2. The van der Waals surface area contributed by atoms with Crippen LogP contribution >= 0.6 is 23.5 Å². The van der Waals surface area contributed by atoms with Gasteiger partial charge in [0.1, 0.15) is 0 Å². The first-order valence-corrected chi connectivity index (χ1v) is 6.64. The van der Waals surface area contributed by atoms with Crippen LogP contribution in [0.3, 0.4) is 0 Å². The molecule has 2 aliphatic heterocycles. The molecule has 70 valence electrons. The summed E-state index contributed by atoms with van der Waals surface area (Å²) in [4.78, 5) is 0. The minimum absolute atomic E-state index is 0.291. The van der Waals surface area contributed by atoms with Gasteiger partial charge in [-0.25, -0.2) is 0 Å². The molecule has 0 radical (unpaired) electrons. The number of thioether (sulfide) groups is 2. The summed E-state index contributed by atoms with van der Waals surface area (Å²) in [6, 6.07) is 0. The van der Waals surface area contributed by atoms with Gasteiger partial charge in [-0.05, 0) is 24.3 Å². The third kappa shape index (κ3) is 1.29. The molecular weight excluding hydrogens is 190 g/mol. The maximum absolute atomic E-state index is 10.3. The Labute approximate surface area is 81.7 Å². The third-order valence-electron chi connectivity index (χ3n) is 2.98. The van der Waals surface area contributed by atoms with Crippen LogP contribution in [0.25, 0.3) is 0 Å². The summed E-state index contributed by atoms with van der Waals surface area (Å²) in [6.45, 7) is 0. The monoisotopic (exact) mass is 205 g/mol. The van der Waals surface area contributed by atoms with Crippen LogP contribution in [-0.4, -0.2) is 39.3 Å². The molecule has 0 aromatic heterocycles. The Kier molecular flexibility index (Phi) is 2.36. The molecule has 0 spiro atoms. The zero-order valence-corrected chi connectivity index (χ0v) is 8.72. The molecule has 12 heavy (non-hydrogen) atoms. The minimum Gasteiger partial charge on any atom is -0.387 e. The molecule has 2 aliphatic rings. The van der Waals surface area contributed by atoms with E-state index in [0.29, 0.717) is 0 Å². The van der Waals surface area contributed by atoms with Gasteiger partial charge in [-0.1, -0.05) is 0 Å². The Bertz CT molecular complexity index is 154. The van der Waals surface area contributed by atoms with E-state index in [1.54, 1.807) is 0 Å². The van der Waals surface area contributed by atoms with Gasteiger partial charge < -0.3 is 10.8 Å². The van der Waals surface area contributed by atoms with E-state index in [1.165, 1.54) is 0 Å². The topological polar surface area (TPSA) is 46.2 Å². The van der Waals surface area contributed by atoms with Crippen molar-refractivity contribution in [2.75, 3.05) is 23.0 Å². The highest BCUT2D eigenvalue weighted by molar-refractivity contribution is 8.00. The van der Waals surface area contributed by atoms with Crippen molar-refractivity contribution < 1.29 is 5.11 Å². The van der Waals surface area contributed by atoms with Crippen LogP contribution in [0.4, 0.5) is 0 Å². The van der Waals surface area contributed by atoms with Gasteiger partial charge in [0.25, 0.3) is 0 Å². The Morgan fingerprint density at radius 3 is 2.25 bits per heavy atom. The van der Waals surface area contributed by atoms with Gasteiger partial charge in [0, 0.05) is 11.5 Å². The lowest BCUT2D eigenvalue weighted by molar-refractivity contribution is -0.000926. The Balaban J connectivity index is 2.14. The molecule has 0 bridgehead atoms. The molecule has 0 aromatic rings. The SMILES string of the molecule is NC1(C2(O)CCSC2)CCSC1. The number of rotatable bonds is 1. The minimum atomic E-state index is -0.568. The molecule has 2 nitrogen and oxygen atoms in total. The van der Waals surface area contributed by atoms with Gasteiger partial charge in [-0.15, -0.1) is 0 Å². The summed E-state index contributed by atoms with van der Waals surface area (Å²) >= 11 is 3.70. The van der Waals surface area contributed by atoms with E-state index >= 15 is 0 Å². The predicted molar refractivity (Wildman–Crippen MR) is 55.8 cm³/mol. The lowest BCUT2D eigenvalue weighted by atomic mass is 9.79. The van der Waals surface area contributed by atoms with Crippen LogP contribution in [0.1, 0.15) is 12.8 Å². The van der Waals surface area contributed by atoms with Crippen molar-refractivity contribution in [3.8, 4) is 0 Å². The molecule has 4 heteroatoms. The number of nitrogens with two attached hydrogens (primary N) is 1. The fraction of sp³-hybridized carbons (Fsp3) is 1.00. The fourth-order valence-corrected chi connectivity index (χ4v) is 4.72. The van der Waals surface area contributed by atoms with Crippen molar-refractivity contribution in [2.24, 2.45) is 5.73 Å². The molecule has 2 saturated heterocycles. The summed E-state index contributed by atoms with van der Waals surface area (Å²) in [7, 11) is 0. The molecule has 2 unspecified atom stereocenters. The third-order valence-corrected chi connectivity index (χ3v) is 5.37. The summed E-state index contributed by atoms with van der Waals surface area (Å²) in [6.07, 6.45) is 1.86. The van der Waals surface area contributed by atoms with Gasteiger partial charge in [-0.2, -0.15) is 23.5 Å². The largest absolute Gasteiger partial charge is 0.387 e. The van der Waals surface area contributed by atoms with Gasteiger partial charge in [0.15, 0.2) is 0 Å². The summed E-state index contributed by atoms with van der Waals surface area (Å²) < 4.78 is 0. The highest BCUT2D eigenvalue weighted by Gasteiger charge is 2.50. The maximum Gasteiger partial charge on any atom is 0.0932 e. The highest BCUT2D eigenvalue weighted by Crippen LogP contribution is 2.42. The molecule has 0 aromatic carbocycles. The van der Waals surface area contributed by atoms with Crippen molar-refractivity contribution in [3.05, 3.63) is 0 Å². The van der Waals surface area contributed by atoms with Crippen molar-refractivity contribution >= 4 is 23.5 Å². The number of hydrogen-bond donors (Lipinski definition) is 2. The van der Waals surface area contributed by atoms with E-state index in [-0.39, 0.29) is 5.54 Å². The summed E-state index contributed by atoms with van der Waals surface area (Å²) in [5.41, 5.74) is 5.36. The second kappa shape index (κ2) is 3.08. The van der Waals surface area contributed by atoms with Crippen LogP contribution in [0, 0.1) is 0 Å². The normalized spacial score (nSPS) is 48.5. The lowest BCUT2D eigenvalue weighted by Gasteiger charge is -2.38. The number of aliphatic hydroxyl groups is 1. The Morgan fingerprint density at radius 2 is 1.75 bits per heavy atom. The second-order valence-electron chi connectivity index (χ2n) is 3.79. The van der Waals surface area contributed by atoms with Crippen molar-refractivity contribution in [1.82, 2.24) is 0 Å². The molecule has 0 saturated carbocycles. The quantitative estimate of drug-likeness (QED) is 0.661.